The van der Waals surface area contributed by atoms with Crippen LogP contribution in [-0.2, 0) is 14.8 Å². The van der Waals surface area contributed by atoms with Gasteiger partial charge in [-0.25, -0.2) is 13.6 Å². The first kappa shape index (κ1) is 18.6. The highest BCUT2D eigenvalue weighted by molar-refractivity contribution is 7.89. The molecule has 0 bridgehead atoms. The van der Waals surface area contributed by atoms with Crippen molar-refractivity contribution in [2.24, 2.45) is 11.1 Å². The first-order chi connectivity index (χ1) is 12.3. The minimum absolute atomic E-state index is 0.0314. The molecule has 1 saturated carbocycles. The minimum Gasteiger partial charge on any atom is -0.325 e. The van der Waals surface area contributed by atoms with Gasteiger partial charge in [0.05, 0.1) is 10.9 Å². The minimum atomic E-state index is -3.81. The fourth-order valence-corrected chi connectivity index (χ4v) is 3.50. The van der Waals surface area contributed by atoms with Gasteiger partial charge in [0.2, 0.25) is 15.9 Å². The molecule has 1 aliphatic carbocycles. The summed E-state index contributed by atoms with van der Waals surface area (Å²) in [6.07, 6.45) is 2.30. The molecule has 0 heterocycles. The molecule has 2 aromatic carbocycles. The second-order valence-corrected chi connectivity index (χ2v) is 8.24. The number of nitrogens with two attached hydrogens (primary N) is 1. The Balaban J connectivity index is 1.68. The van der Waals surface area contributed by atoms with Crippen LogP contribution in [0.3, 0.4) is 0 Å². The van der Waals surface area contributed by atoms with Gasteiger partial charge in [-0.3, -0.25) is 10.1 Å². The molecule has 3 rings (SSSR count). The van der Waals surface area contributed by atoms with E-state index in [0.717, 1.165) is 12.8 Å². The first-order valence-corrected chi connectivity index (χ1v) is 10.1. The second-order valence-electron chi connectivity index (χ2n) is 6.68. The molecule has 0 aliphatic heterocycles. The zero-order chi connectivity index (χ0) is 18.7. The lowest BCUT2D eigenvalue weighted by molar-refractivity contribution is -0.118. The summed E-state index contributed by atoms with van der Waals surface area (Å²) in [4.78, 5) is 12.5. The maximum atomic E-state index is 12.5. The van der Waals surface area contributed by atoms with E-state index < -0.39 is 16.1 Å². The van der Waals surface area contributed by atoms with Crippen LogP contribution in [-0.4, -0.2) is 20.4 Å². The molecule has 1 aliphatic rings. The molecule has 2 aromatic rings. The van der Waals surface area contributed by atoms with Crippen molar-refractivity contribution in [3.05, 3.63) is 60.2 Å². The number of hydrogen-bond donors (Lipinski definition) is 3. The van der Waals surface area contributed by atoms with Crippen LogP contribution >= 0.6 is 0 Å². The highest BCUT2D eigenvalue weighted by Crippen LogP contribution is 2.41. The molecule has 138 valence electrons. The third-order valence-corrected chi connectivity index (χ3v) is 5.42. The summed E-state index contributed by atoms with van der Waals surface area (Å²) < 4.78 is 22.9. The zero-order valence-electron chi connectivity index (χ0n) is 14.6. The van der Waals surface area contributed by atoms with Crippen molar-refractivity contribution in [1.29, 1.82) is 0 Å². The number of anilines is 1. The van der Waals surface area contributed by atoms with Crippen LogP contribution in [0.2, 0.25) is 0 Å². The Morgan fingerprint density at radius 2 is 1.81 bits per heavy atom. The van der Waals surface area contributed by atoms with Crippen molar-refractivity contribution < 1.29 is 13.2 Å². The summed E-state index contributed by atoms with van der Waals surface area (Å²) >= 11 is 0. The van der Waals surface area contributed by atoms with Crippen LogP contribution in [0.4, 0.5) is 5.69 Å². The molecule has 26 heavy (non-hydrogen) atoms. The largest absolute Gasteiger partial charge is 0.325 e. The molecule has 0 spiro atoms. The van der Waals surface area contributed by atoms with Gasteiger partial charge in [-0.2, -0.15) is 0 Å². The maximum Gasteiger partial charge on any atom is 0.241 e. The second kappa shape index (κ2) is 7.57. The lowest BCUT2D eigenvalue weighted by Gasteiger charge is -2.23. The topological polar surface area (TPSA) is 101 Å². The Kier molecular flexibility index (Phi) is 5.41. The Morgan fingerprint density at radius 3 is 2.42 bits per heavy atom. The van der Waals surface area contributed by atoms with E-state index in [9.17, 15) is 13.2 Å². The normalized spacial score (nSPS) is 16.7. The summed E-state index contributed by atoms with van der Waals surface area (Å²) in [5.41, 5.74) is 1.57. The molecular weight excluding hydrogens is 350 g/mol. The highest BCUT2D eigenvalue weighted by atomic mass is 32.2. The predicted octanol–water partition coefficient (Wildman–Crippen LogP) is 2.40. The molecule has 1 fully saturated rings. The Morgan fingerprint density at radius 1 is 1.12 bits per heavy atom. The zero-order valence-corrected chi connectivity index (χ0v) is 15.4. The summed E-state index contributed by atoms with van der Waals surface area (Å²) in [6.45, 7) is 1.80. The van der Waals surface area contributed by atoms with Crippen molar-refractivity contribution in [3.8, 4) is 0 Å². The van der Waals surface area contributed by atoms with E-state index >= 15 is 0 Å². The fraction of sp³-hybridized carbons (Fsp3) is 0.316. The average Bonchev–Trinajstić information content (AvgIpc) is 3.44. The lowest BCUT2D eigenvalue weighted by Crippen LogP contribution is -2.41. The first-order valence-electron chi connectivity index (χ1n) is 8.59. The third kappa shape index (κ3) is 4.69. The summed E-state index contributed by atoms with van der Waals surface area (Å²) in [6, 6.07) is 15.7. The molecular formula is C19H23N3O3S. The van der Waals surface area contributed by atoms with Crippen LogP contribution < -0.4 is 15.8 Å². The number of amides is 1. The van der Waals surface area contributed by atoms with Crippen LogP contribution in [0.5, 0.6) is 0 Å². The van der Waals surface area contributed by atoms with Gasteiger partial charge in [-0.1, -0.05) is 36.4 Å². The summed E-state index contributed by atoms with van der Waals surface area (Å²) in [5.74, 6) is 0.316. The number of benzene rings is 2. The van der Waals surface area contributed by atoms with Gasteiger partial charge in [-0.15, -0.1) is 0 Å². The number of rotatable bonds is 7. The smallest absolute Gasteiger partial charge is 0.241 e. The van der Waals surface area contributed by atoms with Gasteiger partial charge in [-0.05, 0) is 49.4 Å². The quantitative estimate of drug-likeness (QED) is 0.694. The fourth-order valence-electron chi connectivity index (χ4n) is 2.94. The standard InChI is InChI=1S/C19H23N3O3S/c1-13(21-18(15-10-11-15)14-6-3-2-4-7-14)19(23)22-16-8-5-9-17(12-16)26(20,24)25/h2-9,12-13,15,18,21H,10-11H2,1H3,(H,22,23)(H2,20,24,25)/t13-,18+/m1/s1. The van der Waals surface area contributed by atoms with Gasteiger partial charge in [0.1, 0.15) is 0 Å². The molecule has 6 nitrogen and oxygen atoms in total. The van der Waals surface area contributed by atoms with Crippen LogP contribution in [0.15, 0.2) is 59.5 Å². The van der Waals surface area contributed by atoms with E-state index in [1.54, 1.807) is 19.1 Å². The third-order valence-electron chi connectivity index (χ3n) is 4.51. The number of nitrogens with one attached hydrogen (secondary N) is 2. The summed E-state index contributed by atoms with van der Waals surface area (Å²) in [5, 5.41) is 11.3. The lowest BCUT2D eigenvalue weighted by atomic mass is 10.0. The number of hydrogen-bond acceptors (Lipinski definition) is 4. The van der Waals surface area contributed by atoms with Gasteiger partial charge in [0.25, 0.3) is 0 Å². The van der Waals surface area contributed by atoms with E-state index in [0.29, 0.717) is 11.6 Å². The maximum absolute atomic E-state index is 12.5. The van der Waals surface area contributed by atoms with E-state index in [1.165, 1.54) is 17.7 Å². The monoisotopic (exact) mass is 373 g/mol. The molecule has 0 unspecified atom stereocenters. The van der Waals surface area contributed by atoms with Gasteiger partial charge >= 0.3 is 0 Å². The van der Waals surface area contributed by atoms with E-state index in [4.69, 9.17) is 5.14 Å². The molecule has 7 heteroatoms. The predicted molar refractivity (Wildman–Crippen MR) is 101 cm³/mol. The Bertz CT molecular complexity index is 880. The number of carbonyl (C=O) groups excluding carboxylic acids is 1. The average molecular weight is 373 g/mol. The highest BCUT2D eigenvalue weighted by Gasteiger charge is 2.33. The van der Waals surface area contributed by atoms with Crippen molar-refractivity contribution in [1.82, 2.24) is 5.32 Å². The van der Waals surface area contributed by atoms with E-state index in [-0.39, 0.29) is 16.8 Å². The molecule has 0 aromatic heterocycles. The number of primary sulfonamides is 1. The Labute approximate surface area is 153 Å². The Hall–Kier alpha value is -2.22. The van der Waals surface area contributed by atoms with Gasteiger partial charge in [0.15, 0.2) is 0 Å². The molecule has 4 N–H and O–H groups in total. The molecule has 0 radical (unpaired) electrons. The van der Waals surface area contributed by atoms with Crippen molar-refractivity contribution >= 4 is 21.6 Å². The number of carbonyl (C=O) groups is 1. The van der Waals surface area contributed by atoms with Crippen molar-refractivity contribution in [3.63, 3.8) is 0 Å². The summed E-state index contributed by atoms with van der Waals surface area (Å²) in [7, 11) is -3.81. The van der Waals surface area contributed by atoms with E-state index in [2.05, 4.69) is 22.8 Å². The van der Waals surface area contributed by atoms with E-state index in [1.807, 2.05) is 18.2 Å². The molecule has 1 amide bonds. The van der Waals surface area contributed by atoms with Gasteiger partial charge < -0.3 is 5.32 Å². The van der Waals surface area contributed by atoms with Crippen LogP contribution in [0, 0.1) is 5.92 Å². The van der Waals surface area contributed by atoms with Crippen molar-refractivity contribution in [2.75, 3.05) is 5.32 Å². The van der Waals surface area contributed by atoms with Crippen LogP contribution in [0.1, 0.15) is 31.4 Å². The van der Waals surface area contributed by atoms with Gasteiger partial charge in [0, 0.05) is 11.7 Å². The molecule has 0 saturated heterocycles. The van der Waals surface area contributed by atoms with Crippen molar-refractivity contribution in [2.45, 2.75) is 36.7 Å². The SMILES string of the molecule is C[C@@H](N[C@@H](c1ccccc1)C1CC1)C(=O)Nc1cccc(S(N)(=O)=O)c1. The molecule has 2 atom stereocenters. The number of sulfonamides is 1. The van der Waals surface area contributed by atoms with Crippen LogP contribution in [0.25, 0.3) is 0 Å².